The van der Waals surface area contributed by atoms with Crippen LogP contribution in [0.25, 0.3) is 0 Å². The second kappa shape index (κ2) is 3.69. The van der Waals surface area contributed by atoms with Crippen LogP contribution >= 0.6 is 0 Å². The molecule has 13 heavy (non-hydrogen) atoms. The van der Waals surface area contributed by atoms with Crippen molar-refractivity contribution >= 4 is 5.91 Å². The van der Waals surface area contributed by atoms with Gasteiger partial charge < -0.3 is 5.32 Å². The Morgan fingerprint density at radius 3 is 2.31 bits per heavy atom. The van der Waals surface area contributed by atoms with E-state index in [-0.39, 0.29) is 5.91 Å². The number of piperidine rings is 1. The summed E-state index contributed by atoms with van der Waals surface area (Å²) in [6.45, 7) is 0.916. The summed E-state index contributed by atoms with van der Waals surface area (Å²) in [5, 5.41) is 2.94. The largest absolute Gasteiger partial charge is 0.356 e. The van der Waals surface area contributed by atoms with Crippen molar-refractivity contribution < 1.29 is 4.79 Å². The number of hydrogen-bond acceptors (Lipinski definition) is 1. The van der Waals surface area contributed by atoms with Crippen LogP contribution in [0.1, 0.15) is 51.4 Å². The minimum atomic E-state index is 0.285. The Bertz CT molecular complexity index is 192. The molecule has 2 rings (SSSR count). The first-order chi connectivity index (χ1) is 6.31. The lowest BCUT2D eigenvalue weighted by molar-refractivity contribution is -0.126. The number of carbonyl (C=O) groups is 1. The van der Waals surface area contributed by atoms with Crippen LogP contribution < -0.4 is 5.32 Å². The first-order valence-electron chi connectivity index (χ1n) is 5.58. The van der Waals surface area contributed by atoms with Gasteiger partial charge in [-0.25, -0.2) is 0 Å². The van der Waals surface area contributed by atoms with E-state index in [1.807, 2.05) is 0 Å². The predicted octanol–water partition coefficient (Wildman–Crippen LogP) is 2.24. The molecule has 1 saturated carbocycles. The topological polar surface area (TPSA) is 29.1 Å². The summed E-state index contributed by atoms with van der Waals surface area (Å²) < 4.78 is 0. The van der Waals surface area contributed by atoms with Gasteiger partial charge in [0.15, 0.2) is 0 Å². The highest BCUT2D eigenvalue weighted by Crippen LogP contribution is 2.42. The molecule has 2 aliphatic rings. The molecule has 0 aromatic carbocycles. The Hall–Kier alpha value is -0.530. The summed E-state index contributed by atoms with van der Waals surface area (Å²) in [5.41, 5.74) is 0.402. The first kappa shape index (κ1) is 9.04. The average Bonchev–Trinajstić information content (AvgIpc) is 2.31. The van der Waals surface area contributed by atoms with E-state index in [0.29, 0.717) is 5.41 Å². The van der Waals surface area contributed by atoms with Crippen molar-refractivity contribution in [2.24, 2.45) is 5.41 Å². The molecular formula is C11H19NO. The molecule has 2 heteroatoms. The van der Waals surface area contributed by atoms with E-state index in [9.17, 15) is 4.79 Å². The molecule has 2 fully saturated rings. The molecule has 0 radical (unpaired) electrons. The normalized spacial score (nSPS) is 28.2. The molecule has 2 nitrogen and oxygen atoms in total. The lowest BCUT2D eigenvalue weighted by Gasteiger charge is -2.36. The zero-order chi connectivity index (χ0) is 9.15. The van der Waals surface area contributed by atoms with Crippen molar-refractivity contribution in [3.8, 4) is 0 Å². The van der Waals surface area contributed by atoms with E-state index in [4.69, 9.17) is 0 Å². The molecule has 74 valence electrons. The van der Waals surface area contributed by atoms with E-state index in [1.54, 1.807) is 0 Å². The molecule has 0 bridgehead atoms. The summed E-state index contributed by atoms with van der Waals surface area (Å²) in [6, 6.07) is 0. The smallest absolute Gasteiger partial charge is 0.220 e. The Kier molecular flexibility index (Phi) is 2.56. The maximum Gasteiger partial charge on any atom is 0.220 e. The van der Waals surface area contributed by atoms with E-state index in [2.05, 4.69) is 5.32 Å². The summed E-state index contributed by atoms with van der Waals surface area (Å²) in [4.78, 5) is 11.3. The Labute approximate surface area is 80.1 Å². The van der Waals surface area contributed by atoms with Gasteiger partial charge in [-0.15, -0.1) is 0 Å². The molecule has 0 aromatic heterocycles. The average molecular weight is 181 g/mol. The van der Waals surface area contributed by atoms with Gasteiger partial charge >= 0.3 is 0 Å². The van der Waals surface area contributed by atoms with Crippen molar-refractivity contribution in [3.05, 3.63) is 0 Å². The second-order valence-corrected chi connectivity index (χ2v) is 4.69. The van der Waals surface area contributed by atoms with Gasteiger partial charge in [-0.3, -0.25) is 4.79 Å². The summed E-state index contributed by atoms with van der Waals surface area (Å²) in [7, 11) is 0. The van der Waals surface area contributed by atoms with Crippen LogP contribution in [-0.2, 0) is 4.79 Å². The van der Waals surface area contributed by atoms with E-state index >= 15 is 0 Å². The highest BCUT2D eigenvalue weighted by atomic mass is 16.1. The molecule has 0 aromatic rings. The van der Waals surface area contributed by atoms with Crippen LogP contribution in [0.4, 0.5) is 0 Å². The number of rotatable bonds is 0. The van der Waals surface area contributed by atoms with Crippen molar-refractivity contribution in [1.29, 1.82) is 0 Å². The van der Waals surface area contributed by atoms with Gasteiger partial charge in [0.05, 0.1) is 0 Å². The lowest BCUT2D eigenvalue weighted by atomic mass is 9.73. The van der Waals surface area contributed by atoms with Gasteiger partial charge in [0.2, 0.25) is 5.91 Å². The summed E-state index contributed by atoms with van der Waals surface area (Å²) >= 11 is 0. The molecule has 1 aliphatic heterocycles. The van der Waals surface area contributed by atoms with Crippen molar-refractivity contribution in [1.82, 2.24) is 5.32 Å². The number of amides is 1. The van der Waals surface area contributed by atoms with Crippen LogP contribution in [0.3, 0.4) is 0 Å². The zero-order valence-electron chi connectivity index (χ0n) is 8.27. The van der Waals surface area contributed by atoms with E-state index in [0.717, 1.165) is 13.0 Å². The van der Waals surface area contributed by atoms with Crippen LogP contribution in [0.5, 0.6) is 0 Å². The second-order valence-electron chi connectivity index (χ2n) is 4.69. The molecule has 1 saturated heterocycles. The highest BCUT2D eigenvalue weighted by molar-refractivity contribution is 5.77. The molecule has 1 heterocycles. The molecule has 0 atom stereocenters. The van der Waals surface area contributed by atoms with Crippen LogP contribution in [0, 0.1) is 5.41 Å². The van der Waals surface area contributed by atoms with Crippen LogP contribution in [-0.4, -0.2) is 12.5 Å². The fourth-order valence-corrected chi connectivity index (χ4v) is 2.86. The van der Waals surface area contributed by atoms with Gasteiger partial charge in [-0.05, 0) is 24.7 Å². The van der Waals surface area contributed by atoms with Gasteiger partial charge in [0.1, 0.15) is 0 Å². The number of nitrogens with one attached hydrogen (secondary N) is 1. The standard InChI is InChI=1S/C11H19NO/c13-10-9-11(7-8-12-10)5-3-1-2-4-6-11/h1-9H2,(H,12,13). The van der Waals surface area contributed by atoms with Gasteiger partial charge in [-0.2, -0.15) is 0 Å². The Morgan fingerprint density at radius 2 is 1.69 bits per heavy atom. The number of hydrogen-bond donors (Lipinski definition) is 1. The van der Waals surface area contributed by atoms with Crippen LogP contribution in [0.15, 0.2) is 0 Å². The number of carbonyl (C=O) groups excluding carboxylic acids is 1. The van der Waals surface area contributed by atoms with E-state index < -0.39 is 0 Å². The monoisotopic (exact) mass is 181 g/mol. The third-order valence-corrected chi connectivity index (χ3v) is 3.68. The SMILES string of the molecule is O=C1CC2(CCCCCC2)CCN1. The molecular weight excluding hydrogens is 162 g/mol. The highest BCUT2D eigenvalue weighted by Gasteiger charge is 2.35. The third kappa shape index (κ3) is 2.04. The summed E-state index contributed by atoms with van der Waals surface area (Å²) in [6.07, 6.45) is 10.0. The first-order valence-corrected chi connectivity index (χ1v) is 5.58. The molecule has 1 spiro atoms. The van der Waals surface area contributed by atoms with Crippen molar-refractivity contribution in [3.63, 3.8) is 0 Å². The Balaban J connectivity index is 2.02. The molecule has 1 N–H and O–H groups in total. The maximum absolute atomic E-state index is 11.3. The minimum Gasteiger partial charge on any atom is -0.356 e. The fraction of sp³-hybridized carbons (Fsp3) is 0.909. The lowest BCUT2D eigenvalue weighted by Crippen LogP contribution is -2.40. The Morgan fingerprint density at radius 1 is 1.00 bits per heavy atom. The minimum absolute atomic E-state index is 0.285. The molecule has 0 unspecified atom stereocenters. The fourth-order valence-electron chi connectivity index (χ4n) is 2.86. The molecule has 1 amide bonds. The van der Waals surface area contributed by atoms with Crippen molar-refractivity contribution in [2.45, 2.75) is 51.4 Å². The zero-order valence-corrected chi connectivity index (χ0v) is 8.27. The summed E-state index contributed by atoms with van der Waals surface area (Å²) in [5.74, 6) is 0.285. The van der Waals surface area contributed by atoms with Crippen LogP contribution in [0.2, 0.25) is 0 Å². The maximum atomic E-state index is 11.3. The van der Waals surface area contributed by atoms with Gasteiger partial charge in [0.25, 0.3) is 0 Å². The quantitative estimate of drug-likeness (QED) is 0.610. The van der Waals surface area contributed by atoms with Crippen molar-refractivity contribution in [2.75, 3.05) is 6.54 Å². The van der Waals surface area contributed by atoms with Gasteiger partial charge in [-0.1, -0.05) is 25.7 Å². The predicted molar refractivity (Wildman–Crippen MR) is 52.4 cm³/mol. The molecule has 1 aliphatic carbocycles. The van der Waals surface area contributed by atoms with E-state index in [1.165, 1.54) is 44.9 Å². The third-order valence-electron chi connectivity index (χ3n) is 3.68. The van der Waals surface area contributed by atoms with Gasteiger partial charge in [0, 0.05) is 13.0 Å².